The molecule has 0 aliphatic carbocycles. The highest BCUT2D eigenvalue weighted by Gasteiger charge is 2.04. The Labute approximate surface area is 115 Å². The fourth-order valence-corrected chi connectivity index (χ4v) is 2.02. The highest BCUT2D eigenvalue weighted by atomic mass is 79.9. The summed E-state index contributed by atoms with van der Waals surface area (Å²) in [4.78, 5) is 11.6. The summed E-state index contributed by atoms with van der Waals surface area (Å²) in [5, 5.41) is 2.82. The van der Waals surface area contributed by atoms with Crippen LogP contribution in [-0.4, -0.2) is 18.9 Å². The first kappa shape index (κ1) is 14.3. The van der Waals surface area contributed by atoms with E-state index in [0.717, 1.165) is 23.0 Å². The van der Waals surface area contributed by atoms with Crippen LogP contribution in [-0.2, 0) is 4.79 Å². The van der Waals surface area contributed by atoms with Crippen molar-refractivity contribution in [3.05, 3.63) is 22.7 Å². The zero-order valence-corrected chi connectivity index (χ0v) is 12.0. The minimum absolute atomic E-state index is 0.00438. The van der Waals surface area contributed by atoms with E-state index in [1.165, 1.54) is 0 Å². The number of alkyl halides is 1. The van der Waals surface area contributed by atoms with Gasteiger partial charge in [0, 0.05) is 28.5 Å². The Bertz CT molecular complexity index is 385. The molecule has 0 unspecified atom stereocenters. The van der Waals surface area contributed by atoms with E-state index in [2.05, 4.69) is 21.2 Å². The van der Waals surface area contributed by atoms with Gasteiger partial charge in [-0.15, -0.1) is 11.6 Å². The molecule has 0 bridgehead atoms. The summed E-state index contributed by atoms with van der Waals surface area (Å²) in [7, 11) is 1.59. The standard InChI is InChI=1S/C12H15BrClNO2/c1-17-11-7-9(13)6-10(8-11)15-12(16)4-2-3-5-14/h6-8H,2-5H2,1H3,(H,15,16). The minimum atomic E-state index is -0.00438. The van der Waals surface area contributed by atoms with Gasteiger partial charge in [0.2, 0.25) is 5.91 Å². The lowest BCUT2D eigenvalue weighted by Crippen LogP contribution is -2.11. The Morgan fingerprint density at radius 1 is 1.41 bits per heavy atom. The van der Waals surface area contributed by atoms with Crippen molar-refractivity contribution in [1.82, 2.24) is 0 Å². The van der Waals surface area contributed by atoms with E-state index in [1.807, 2.05) is 12.1 Å². The van der Waals surface area contributed by atoms with Gasteiger partial charge in [0.15, 0.2) is 0 Å². The Balaban J connectivity index is 2.55. The van der Waals surface area contributed by atoms with Crippen LogP contribution in [0, 0.1) is 0 Å². The maximum Gasteiger partial charge on any atom is 0.224 e. The summed E-state index contributed by atoms with van der Waals surface area (Å²) in [6, 6.07) is 5.45. The molecule has 0 aromatic heterocycles. The van der Waals surface area contributed by atoms with E-state index >= 15 is 0 Å². The first-order chi connectivity index (χ1) is 8.15. The Morgan fingerprint density at radius 2 is 2.18 bits per heavy atom. The number of methoxy groups -OCH3 is 1. The Kier molecular flexibility index (Phi) is 6.37. The van der Waals surface area contributed by atoms with E-state index in [1.54, 1.807) is 13.2 Å². The highest BCUT2D eigenvalue weighted by Crippen LogP contribution is 2.24. The summed E-state index contributed by atoms with van der Waals surface area (Å²) in [6.45, 7) is 0. The number of carbonyl (C=O) groups excluding carboxylic acids is 1. The van der Waals surface area contributed by atoms with Crippen LogP contribution in [0.15, 0.2) is 22.7 Å². The van der Waals surface area contributed by atoms with Gasteiger partial charge in [-0.25, -0.2) is 0 Å². The SMILES string of the molecule is COc1cc(Br)cc(NC(=O)CCCCCl)c1. The zero-order chi connectivity index (χ0) is 12.7. The predicted molar refractivity (Wildman–Crippen MR) is 73.9 cm³/mol. The third-order valence-electron chi connectivity index (χ3n) is 2.18. The molecule has 1 aromatic rings. The maximum absolute atomic E-state index is 11.6. The molecular weight excluding hydrogens is 305 g/mol. The van der Waals surface area contributed by atoms with E-state index in [4.69, 9.17) is 16.3 Å². The monoisotopic (exact) mass is 319 g/mol. The van der Waals surface area contributed by atoms with E-state index < -0.39 is 0 Å². The van der Waals surface area contributed by atoms with Crippen LogP contribution in [0.5, 0.6) is 5.75 Å². The minimum Gasteiger partial charge on any atom is -0.497 e. The number of nitrogens with one attached hydrogen (secondary N) is 1. The number of carbonyl (C=O) groups is 1. The molecule has 0 aliphatic rings. The Morgan fingerprint density at radius 3 is 2.82 bits per heavy atom. The van der Waals surface area contributed by atoms with Crippen LogP contribution in [0.2, 0.25) is 0 Å². The van der Waals surface area contributed by atoms with Crippen molar-refractivity contribution in [3.8, 4) is 5.75 Å². The number of hydrogen-bond donors (Lipinski definition) is 1. The molecule has 1 aromatic carbocycles. The third-order valence-corrected chi connectivity index (χ3v) is 2.90. The van der Waals surface area contributed by atoms with Crippen LogP contribution >= 0.6 is 27.5 Å². The smallest absolute Gasteiger partial charge is 0.224 e. The van der Waals surface area contributed by atoms with Gasteiger partial charge in [-0.3, -0.25) is 4.79 Å². The average Bonchev–Trinajstić information content (AvgIpc) is 2.28. The predicted octanol–water partition coefficient (Wildman–Crippen LogP) is 3.81. The summed E-state index contributed by atoms with van der Waals surface area (Å²) in [6.07, 6.45) is 2.15. The van der Waals surface area contributed by atoms with Gasteiger partial charge in [-0.05, 0) is 25.0 Å². The number of amides is 1. The van der Waals surface area contributed by atoms with Crippen molar-refractivity contribution >= 4 is 39.1 Å². The number of halogens is 2. The largest absolute Gasteiger partial charge is 0.497 e. The fraction of sp³-hybridized carbons (Fsp3) is 0.417. The second-order valence-corrected chi connectivity index (χ2v) is 4.87. The number of hydrogen-bond acceptors (Lipinski definition) is 2. The molecular formula is C12H15BrClNO2. The van der Waals surface area contributed by atoms with E-state index in [-0.39, 0.29) is 5.91 Å². The topological polar surface area (TPSA) is 38.3 Å². The molecule has 3 nitrogen and oxygen atoms in total. The number of ether oxygens (including phenoxy) is 1. The second kappa shape index (κ2) is 7.56. The van der Waals surface area contributed by atoms with Gasteiger partial charge in [-0.1, -0.05) is 15.9 Å². The van der Waals surface area contributed by atoms with Crippen molar-refractivity contribution in [2.24, 2.45) is 0 Å². The molecule has 1 amide bonds. The van der Waals surface area contributed by atoms with Crippen LogP contribution < -0.4 is 10.1 Å². The third kappa shape index (κ3) is 5.41. The first-order valence-corrected chi connectivity index (χ1v) is 6.69. The summed E-state index contributed by atoms with van der Waals surface area (Å²) >= 11 is 8.91. The van der Waals surface area contributed by atoms with Gasteiger partial charge in [-0.2, -0.15) is 0 Å². The molecule has 0 saturated heterocycles. The Hall–Kier alpha value is -0.740. The van der Waals surface area contributed by atoms with E-state index in [0.29, 0.717) is 18.1 Å². The molecule has 5 heteroatoms. The first-order valence-electron chi connectivity index (χ1n) is 5.36. The van der Waals surface area contributed by atoms with Gasteiger partial charge in [0.25, 0.3) is 0 Å². The molecule has 0 atom stereocenters. The van der Waals surface area contributed by atoms with Gasteiger partial charge in [0.05, 0.1) is 7.11 Å². The summed E-state index contributed by atoms with van der Waals surface area (Å²) in [5.41, 5.74) is 0.729. The van der Waals surface area contributed by atoms with Crippen LogP contribution in [0.25, 0.3) is 0 Å². The van der Waals surface area contributed by atoms with Gasteiger partial charge in [0.1, 0.15) is 5.75 Å². The van der Waals surface area contributed by atoms with Crippen LogP contribution in [0.1, 0.15) is 19.3 Å². The van der Waals surface area contributed by atoms with Crippen molar-refractivity contribution in [1.29, 1.82) is 0 Å². The van der Waals surface area contributed by atoms with Crippen LogP contribution in [0.4, 0.5) is 5.69 Å². The molecule has 0 aliphatic heterocycles. The highest BCUT2D eigenvalue weighted by molar-refractivity contribution is 9.10. The molecule has 0 heterocycles. The summed E-state index contributed by atoms with van der Waals surface area (Å²) < 4.78 is 5.99. The number of unbranched alkanes of at least 4 members (excludes halogenated alkanes) is 1. The molecule has 17 heavy (non-hydrogen) atoms. The molecule has 1 rings (SSSR count). The lowest BCUT2D eigenvalue weighted by atomic mass is 10.2. The van der Waals surface area contributed by atoms with Gasteiger partial charge < -0.3 is 10.1 Å². The molecule has 0 saturated carbocycles. The molecule has 0 fully saturated rings. The van der Waals surface area contributed by atoms with E-state index in [9.17, 15) is 4.79 Å². The number of rotatable bonds is 6. The van der Waals surface area contributed by atoms with Crippen molar-refractivity contribution in [2.45, 2.75) is 19.3 Å². The normalized spacial score (nSPS) is 10.1. The second-order valence-electron chi connectivity index (χ2n) is 3.57. The van der Waals surface area contributed by atoms with Crippen LogP contribution in [0.3, 0.4) is 0 Å². The van der Waals surface area contributed by atoms with Crippen molar-refractivity contribution in [2.75, 3.05) is 18.3 Å². The zero-order valence-electron chi connectivity index (χ0n) is 9.63. The van der Waals surface area contributed by atoms with Gasteiger partial charge >= 0.3 is 0 Å². The lowest BCUT2D eigenvalue weighted by molar-refractivity contribution is -0.116. The summed E-state index contributed by atoms with van der Waals surface area (Å²) in [5.74, 6) is 1.29. The molecule has 1 N–H and O–H groups in total. The molecule has 0 radical (unpaired) electrons. The molecule has 0 spiro atoms. The quantitative estimate of drug-likeness (QED) is 0.639. The average molecular weight is 321 g/mol. The molecule has 94 valence electrons. The maximum atomic E-state index is 11.6. The lowest BCUT2D eigenvalue weighted by Gasteiger charge is -2.07. The fourth-order valence-electron chi connectivity index (χ4n) is 1.36. The van der Waals surface area contributed by atoms with Crippen molar-refractivity contribution < 1.29 is 9.53 Å². The number of anilines is 1. The van der Waals surface area contributed by atoms with Crippen molar-refractivity contribution in [3.63, 3.8) is 0 Å². The number of benzene rings is 1.